The number of amides is 1. The fraction of sp³-hybridized carbons (Fsp3) is 0.846. The molecule has 2 atom stereocenters. The van der Waals surface area contributed by atoms with Crippen LogP contribution in [0.4, 0.5) is 0 Å². The maximum absolute atomic E-state index is 12.0. The van der Waals surface area contributed by atoms with E-state index in [0.29, 0.717) is 19.1 Å². The van der Waals surface area contributed by atoms with Crippen LogP contribution in [-0.4, -0.2) is 30.6 Å². The van der Waals surface area contributed by atoms with E-state index in [-0.39, 0.29) is 18.3 Å². The van der Waals surface area contributed by atoms with Crippen molar-refractivity contribution < 1.29 is 14.3 Å². The van der Waals surface area contributed by atoms with Gasteiger partial charge < -0.3 is 15.8 Å². The van der Waals surface area contributed by atoms with Crippen molar-refractivity contribution in [2.24, 2.45) is 11.7 Å². The highest BCUT2D eigenvalue weighted by Gasteiger charge is 2.37. The van der Waals surface area contributed by atoms with E-state index in [1.807, 2.05) is 0 Å². The van der Waals surface area contributed by atoms with Crippen LogP contribution < -0.4 is 11.1 Å². The number of nitrogens with two attached hydrogens (primary N) is 1. The molecule has 2 unspecified atom stereocenters. The summed E-state index contributed by atoms with van der Waals surface area (Å²) in [5, 5.41) is 2.74. The molecule has 0 heterocycles. The van der Waals surface area contributed by atoms with Gasteiger partial charge in [-0.3, -0.25) is 9.59 Å². The standard InChI is InChI=1S/C13H24N2O3/c1-3-18-11(16)6-8-15-12(17)13(14)7-4-5-10(2)9-13/h10H,3-9,14H2,1-2H3,(H,15,17). The largest absolute Gasteiger partial charge is 0.466 e. The molecule has 1 aliphatic carbocycles. The van der Waals surface area contributed by atoms with E-state index in [2.05, 4.69) is 12.2 Å². The van der Waals surface area contributed by atoms with Crippen molar-refractivity contribution in [2.75, 3.05) is 13.2 Å². The van der Waals surface area contributed by atoms with E-state index < -0.39 is 5.54 Å². The van der Waals surface area contributed by atoms with Crippen LogP contribution in [0.25, 0.3) is 0 Å². The third kappa shape index (κ3) is 4.29. The molecule has 18 heavy (non-hydrogen) atoms. The van der Waals surface area contributed by atoms with Crippen LogP contribution in [0.5, 0.6) is 0 Å². The number of esters is 1. The molecule has 0 bridgehead atoms. The van der Waals surface area contributed by atoms with Gasteiger partial charge >= 0.3 is 5.97 Å². The summed E-state index contributed by atoms with van der Waals surface area (Å²) in [4.78, 5) is 23.1. The molecule has 1 aliphatic rings. The zero-order chi connectivity index (χ0) is 13.6. The second-order valence-electron chi connectivity index (χ2n) is 5.17. The van der Waals surface area contributed by atoms with Gasteiger partial charge in [-0.1, -0.05) is 19.8 Å². The lowest BCUT2D eigenvalue weighted by Gasteiger charge is -2.35. The summed E-state index contributed by atoms with van der Waals surface area (Å²) in [7, 11) is 0. The van der Waals surface area contributed by atoms with Gasteiger partial charge in [0.1, 0.15) is 0 Å². The van der Waals surface area contributed by atoms with Crippen molar-refractivity contribution in [1.82, 2.24) is 5.32 Å². The van der Waals surface area contributed by atoms with Crippen LogP contribution in [-0.2, 0) is 14.3 Å². The molecule has 3 N–H and O–H groups in total. The highest BCUT2D eigenvalue weighted by molar-refractivity contribution is 5.86. The Hall–Kier alpha value is -1.10. The van der Waals surface area contributed by atoms with Crippen molar-refractivity contribution in [1.29, 1.82) is 0 Å². The molecule has 1 rings (SSSR count). The molecule has 0 aromatic heterocycles. The van der Waals surface area contributed by atoms with Crippen molar-refractivity contribution in [3.05, 3.63) is 0 Å². The van der Waals surface area contributed by atoms with Crippen LogP contribution in [0.3, 0.4) is 0 Å². The summed E-state index contributed by atoms with van der Waals surface area (Å²) >= 11 is 0. The number of carbonyl (C=O) groups is 2. The Morgan fingerprint density at radius 1 is 1.50 bits per heavy atom. The molecule has 1 amide bonds. The molecular weight excluding hydrogens is 232 g/mol. The number of carbonyl (C=O) groups excluding carboxylic acids is 2. The lowest BCUT2D eigenvalue weighted by Crippen LogP contribution is -2.56. The summed E-state index contributed by atoms with van der Waals surface area (Å²) in [6, 6.07) is 0. The summed E-state index contributed by atoms with van der Waals surface area (Å²) in [5.41, 5.74) is 5.38. The summed E-state index contributed by atoms with van der Waals surface area (Å²) in [5.74, 6) is 0.0544. The number of hydrogen-bond donors (Lipinski definition) is 2. The van der Waals surface area contributed by atoms with Gasteiger partial charge in [0.25, 0.3) is 0 Å². The summed E-state index contributed by atoms with van der Waals surface area (Å²) in [6.45, 7) is 4.54. The van der Waals surface area contributed by atoms with Gasteiger partial charge in [0, 0.05) is 6.54 Å². The van der Waals surface area contributed by atoms with Crippen molar-refractivity contribution >= 4 is 11.9 Å². The average molecular weight is 256 g/mol. The van der Waals surface area contributed by atoms with Gasteiger partial charge in [-0.15, -0.1) is 0 Å². The lowest BCUT2D eigenvalue weighted by atomic mass is 9.76. The fourth-order valence-electron chi connectivity index (χ4n) is 2.49. The second kappa shape index (κ2) is 6.73. The van der Waals surface area contributed by atoms with Gasteiger partial charge in [0.05, 0.1) is 18.6 Å². The topological polar surface area (TPSA) is 81.4 Å². The van der Waals surface area contributed by atoms with Gasteiger partial charge in [-0.2, -0.15) is 0 Å². The monoisotopic (exact) mass is 256 g/mol. The first-order valence-electron chi connectivity index (χ1n) is 6.70. The highest BCUT2D eigenvalue weighted by Crippen LogP contribution is 2.30. The van der Waals surface area contributed by atoms with Crippen LogP contribution in [0, 0.1) is 5.92 Å². The molecule has 0 aromatic rings. The molecule has 0 spiro atoms. The predicted octanol–water partition coefficient (Wildman–Crippen LogP) is 0.963. The van der Waals surface area contributed by atoms with Crippen LogP contribution in [0.1, 0.15) is 46.0 Å². The van der Waals surface area contributed by atoms with E-state index in [4.69, 9.17) is 10.5 Å². The first kappa shape index (κ1) is 15.0. The Bertz CT molecular complexity index is 307. The Balaban J connectivity index is 2.33. The van der Waals surface area contributed by atoms with Crippen LogP contribution in [0.2, 0.25) is 0 Å². The van der Waals surface area contributed by atoms with Crippen LogP contribution >= 0.6 is 0 Å². The fourth-order valence-corrected chi connectivity index (χ4v) is 2.49. The first-order valence-corrected chi connectivity index (χ1v) is 6.70. The van der Waals surface area contributed by atoms with E-state index >= 15 is 0 Å². The maximum Gasteiger partial charge on any atom is 0.307 e. The zero-order valence-corrected chi connectivity index (χ0v) is 11.3. The van der Waals surface area contributed by atoms with Crippen molar-refractivity contribution in [2.45, 2.75) is 51.5 Å². The third-order valence-corrected chi connectivity index (χ3v) is 3.40. The molecule has 5 heteroatoms. The average Bonchev–Trinajstić information content (AvgIpc) is 2.28. The molecule has 0 radical (unpaired) electrons. The molecule has 104 valence electrons. The Morgan fingerprint density at radius 2 is 2.22 bits per heavy atom. The van der Waals surface area contributed by atoms with E-state index in [0.717, 1.165) is 25.7 Å². The van der Waals surface area contributed by atoms with Crippen molar-refractivity contribution in [3.8, 4) is 0 Å². The first-order chi connectivity index (χ1) is 8.48. The van der Waals surface area contributed by atoms with Crippen LogP contribution in [0.15, 0.2) is 0 Å². The van der Waals surface area contributed by atoms with Gasteiger partial charge in [-0.25, -0.2) is 0 Å². The number of hydrogen-bond acceptors (Lipinski definition) is 4. The molecule has 0 saturated heterocycles. The summed E-state index contributed by atoms with van der Waals surface area (Å²) in [6.07, 6.45) is 3.77. The molecule has 1 fully saturated rings. The van der Waals surface area contributed by atoms with Crippen molar-refractivity contribution in [3.63, 3.8) is 0 Å². The number of ether oxygens (including phenoxy) is 1. The Morgan fingerprint density at radius 3 is 2.83 bits per heavy atom. The lowest BCUT2D eigenvalue weighted by molar-refractivity contribution is -0.143. The molecular formula is C13H24N2O3. The van der Waals surface area contributed by atoms with E-state index in [1.54, 1.807) is 6.92 Å². The van der Waals surface area contributed by atoms with Gasteiger partial charge in [0.2, 0.25) is 5.91 Å². The normalized spacial score (nSPS) is 27.6. The Kier molecular flexibility index (Phi) is 5.59. The minimum atomic E-state index is -0.758. The highest BCUT2D eigenvalue weighted by atomic mass is 16.5. The number of nitrogens with one attached hydrogen (secondary N) is 1. The zero-order valence-electron chi connectivity index (χ0n) is 11.3. The maximum atomic E-state index is 12.0. The minimum absolute atomic E-state index is 0.140. The molecule has 0 aromatic carbocycles. The minimum Gasteiger partial charge on any atom is -0.466 e. The SMILES string of the molecule is CCOC(=O)CCNC(=O)C1(N)CCCC(C)C1. The van der Waals surface area contributed by atoms with E-state index in [9.17, 15) is 9.59 Å². The molecule has 5 nitrogen and oxygen atoms in total. The molecule has 1 saturated carbocycles. The predicted molar refractivity (Wildman–Crippen MR) is 68.8 cm³/mol. The second-order valence-corrected chi connectivity index (χ2v) is 5.17. The van der Waals surface area contributed by atoms with Gasteiger partial charge in [-0.05, 0) is 25.7 Å². The number of rotatable bonds is 5. The summed E-state index contributed by atoms with van der Waals surface area (Å²) < 4.78 is 4.79. The molecule has 0 aliphatic heterocycles. The smallest absolute Gasteiger partial charge is 0.307 e. The van der Waals surface area contributed by atoms with Gasteiger partial charge in [0.15, 0.2) is 0 Å². The Labute approximate surface area is 108 Å². The third-order valence-electron chi connectivity index (χ3n) is 3.40. The van der Waals surface area contributed by atoms with E-state index in [1.165, 1.54) is 0 Å². The quantitative estimate of drug-likeness (QED) is 0.718.